The fraction of sp³-hybridized carbons (Fsp3) is 0.458. The molecule has 3 heterocycles. The lowest BCUT2D eigenvalue weighted by molar-refractivity contribution is -0.0628. The molecule has 1 saturated heterocycles. The number of halogens is 2. The predicted molar refractivity (Wildman–Crippen MR) is 118 cm³/mol. The summed E-state index contributed by atoms with van der Waals surface area (Å²) in [4.78, 5) is 43.0. The Morgan fingerprint density at radius 3 is 2.71 bits per heavy atom. The minimum absolute atomic E-state index is 0.0497. The largest absolute Gasteiger partial charge is 0.503 e. The van der Waals surface area contributed by atoms with Crippen LogP contribution < -0.4 is 10.7 Å². The summed E-state index contributed by atoms with van der Waals surface area (Å²) in [6, 6.07) is 3.04. The molecule has 5 rings (SSSR count). The summed E-state index contributed by atoms with van der Waals surface area (Å²) in [6.45, 7) is 0.896. The highest BCUT2D eigenvalue weighted by atomic mass is 19.1. The second kappa shape index (κ2) is 8.50. The van der Waals surface area contributed by atoms with Crippen LogP contribution in [0, 0.1) is 17.6 Å². The average Bonchev–Trinajstić information content (AvgIpc) is 2.80. The molecule has 2 N–H and O–H groups in total. The van der Waals surface area contributed by atoms with Gasteiger partial charge in [-0.1, -0.05) is 18.9 Å². The first-order valence-corrected chi connectivity index (χ1v) is 11.5. The minimum atomic E-state index is -0.958. The number of amides is 2. The number of nitrogens with zero attached hydrogens (tertiary/aromatic N) is 3. The monoisotopic (exact) mass is 472 g/mol. The van der Waals surface area contributed by atoms with E-state index < -0.39 is 34.6 Å². The van der Waals surface area contributed by atoms with E-state index in [0.717, 1.165) is 38.3 Å². The summed E-state index contributed by atoms with van der Waals surface area (Å²) in [5, 5.41) is 13.1. The van der Waals surface area contributed by atoms with Gasteiger partial charge in [0.25, 0.3) is 11.8 Å². The minimum Gasteiger partial charge on any atom is -0.503 e. The van der Waals surface area contributed by atoms with E-state index in [2.05, 4.69) is 10.2 Å². The highest BCUT2D eigenvalue weighted by molar-refractivity contribution is 5.99. The van der Waals surface area contributed by atoms with Gasteiger partial charge in [0.15, 0.2) is 11.4 Å². The van der Waals surface area contributed by atoms with E-state index in [1.54, 1.807) is 4.90 Å². The van der Waals surface area contributed by atoms with E-state index in [9.17, 15) is 28.3 Å². The average molecular weight is 472 g/mol. The highest BCUT2D eigenvalue weighted by Gasteiger charge is 2.47. The second-order valence-electron chi connectivity index (χ2n) is 9.38. The standard InChI is InChI=1S/C24H26F2N4O4/c1-28-10-14-4-2-3-5-18(14)30-19(28)12-29-11-16(21(31)22(32)20(29)24(30)34)23(33)27-9-13-6-7-15(25)8-17(13)26/h6-8,11,14,18-19,32H,2-5,9-10,12H2,1H3,(H,27,33)/t14-,18-,19-/m0/s1. The SMILES string of the molecule is CN1C[C@@H]2CCCC[C@@H]2N2C(=O)c3c(O)c(=O)c(C(=O)NCc4ccc(F)cc4F)cn3C[C@@H]12. The van der Waals surface area contributed by atoms with Crippen molar-refractivity contribution < 1.29 is 23.5 Å². The molecule has 0 unspecified atom stereocenters. The molecule has 3 aliphatic rings. The van der Waals surface area contributed by atoms with Crippen LogP contribution in [0.15, 0.2) is 29.2 Å². The lowest BCUT2D eigenvalue weighted by Gasteiger charge is -2.54. The van der Waals surface area contributed by atoms with Crippen LogP contribution in [0.1, 0.15) is 52.1 Å². The summed E-state index contributed by atoms with van der Waals surface area (Å²) in [5.74, 6) is -3.19. The first-order chi connectivity index (χ1) is 16.3. The molecule has 1 saturated carbocycles. The number of fused-ring (bicyclic) bond motifs is 4. The van der Waals surface area contributed by atoms with Crippen molar-refractivity contribution >= 4 is 11.8 Å². The third-order valence-corrected chi connectivity index (χ3v) is 7.33. The Kier molecular flexibility index (Phi) is 5.63. The van der Waals surface area contributed by atoms with E-state index in [1.807, 2.05) is 7.05 Å². The number of likely N-dealkylation sites (N-methyl/N-ethyl adjacent to an activating group) is 1. The number of carbonyl (C=O) groups is 2. The van der Waals surface area contributed by atoms with Gasteiger partial charge in [-0.25, -0.2) is 8.78 Å². The molecule has 0 spiro atoms. The molecular formula is C24H26F2N4O4. The van der Waals surface area contributed by atoms with E-state index in [1.165, 1.54) is 16.8 Å². The van der Waals surface area contributed by atoms with Crippen LogP contribution in [0.3, 0.4) is 0 Å². The molecule has 0 bridgehead atoms. The van der Waals surface area contributed by atoms with Gasteiger partial charge in [-0.05, 0) is 31.9 Å². The number of rotatable bonds is 3. The molecule has 1 aliphatic carbocycles. The normalized spacial score (nSPS) is 24.3. The van der Waals surface area contributed by atoms with Crippen molar-refractivity contribution in [2.45, 2.75) is 51.0 Å². The molecule has 0 radical (unpaired) electrons. The van der Waals surface area contributed by atoms with Gasteiger partial charge in [-0.2, -0.15) is 0 Å². The van der Waals surface area contributed by atoms with Gasteiger partial charge in [0.05, 0.1) is 6.54 Å². The highest BCUT2D eigenvalue weighted by Crippen LogP contribution is 2.38. The van der Waals surface area contributed by atoms with Gasteiger partial charge in [0.2, 0.25) is 5.43 Å². The van der Waals surface area contributed by atoms with Crippen LogP contribution in [0.2, 0.25) is 0 Å². The van der Waals surface area contributed by atoms with Crippen LogP contribution in [0.5, 0.6) is 5.75 Å². The Bertz CT molecular complexity index is 1230. The number of carbonyl (C=O) groups excluding carboxylic acids is 2. The molecule has 2 aromatic rings. The first kappa shape index (κ1) is 22.5. The fourth-order valence-electron chi connectivity index (χ4n) is 5.62. The van der Waals surface area contributed by atoms with Crippen LogP contribution in [0.25, 0.3) is 0 Å². The summed E-state index contributed by atoms with van der Waals surface area (Å²) in [6.07, 6.45) is 5.14. The third-order valence-electron chi connectivity index (χ3n) is 7.33. The topological polar surface area (TPSA) is 94.9 Å². The Labute approximate surface area is 194 Å². The van der Waals surface area contributed by atoms with Crippen molar-refractivity contribution in [3.8, 4) is 5.75 Å². The van der Waals surface area contributed by atoms with Gasteiger partial charge in [0.1, 0.15) is 23.4 Å². The smallest absolute Gasteiger partial charge is 0.276 e. The number of aromatic hydroxyl groups is 1. The zero-order chi connectivity index (χ0) is 24.1. The van der Waals surface area contributed by atoms with E-state index in [-0.39, 0.29) is 35.6 Å². The second-order valence-corrected chi connectivity index (χ2v) is 9.38. The number of nitrogens with one attached hydrogen (secondary N) is 1. The van der Waals surface area contributed by atoms with E-state index >= 15 is 0 Å². The summed E-state index contributed by atoms with van der Waals surface area (Å²) in [7, 11) is 1.95. The molecule has 1 aromatic heterocycles. The first-order valence-electron chi connectivity index (χ1n) is 11.5. The van der Waals surface area contributed by atoms with Gasteiger partial charge < -0.3 is 19.9 Å². The number of pyridine rings is 1. The number of aromatic nitrogens is 1. The Morgan fingerprint density at radius 2 is 1.94 bits per heavy atom. The quantitative estimate of drug-likeness (QED) is 0.713. The molecule has 2 fully saturated rings. The fourth-order valence-corrected chi connectivity index (χ4v) is 5.62. The van der Waals surface area contributed by atoms with Crippen LogP contribution in [-0.4, -0.2) is 57.1 Å². The summed E-state index contributed by atoms with van der Waals surface area (Å²) < 4.78 is 28.5. The maximum atomic E-state index is 13.9. The molecule has 34 heavy (non-hydrogen) atoms. The van der Waals surface area contributed by atoms with Crippen LogP contribution >= 0.6 is 0 Å². The molecule has 1 aromatic carbocycles. The number of hydrogen-bond acceptors (Lipinski definition) is 5. The van der Waals surface area contributed by atoms with Gasteiger partial charge in [-0.15, -0.1) is 0 Å². The number of hydrogen-bond donors (Lipinski definition) is 2. The van der Waals surface area contributed by atoms with E-state index in [4.69, 9.17) is 0 Å². The predicted octanol–water partition coefficient (Wildman–Crippen LogP) is 2.05. The lowest BCUT2D eigenvalue weighted by Crippen LogP contribution is -2.66. The Balaban J connectivity index is 1.45. The third kappa shape index (κ3) is 3.66. The van der Waals surface area contributed by atoms with Crippen LogP contribution in [-0.2, 0) is 13.1 Å². The molecule has 3 atom stereocenters. The zero-order valence-corrected chi connectivity index (χ0v) is 18.8. The molecule has 10 heteroatoms. The van der Waals surface area contributed by atoms with Gasteiger partial charge >= 0.3 is 0 Å². The van der Waals surface area contributed by atoms with Crippen molar-refractivity contribution in [2.75, 3.05) is 13.6 Å². The lowest BCUT2D eigenvalue weighted by atomic mass is 9.80. The molecule has 2 aliphatic heterocycles. The van der Waals surface area contributed by atoms with E-state index in [0.29, 0.717) is 18.5 Å². The van der Waals surface area contributed by atoms with Crippen LogP contribution in [0.4, 0.5) is 8.78 Å². The zero-order valence-electron chi connectivity index (χ0n) is 18.8. The molecule has 8 nitrogen and oxygen atoms in total. The Hall–Kier alpha value is -3.27. The van der Waals surface area contributed by atoms with Gasteiger partial charge in [-0.3, -0.25) is 19.3 Å². The maximum Gasteiger partial charge on any atom is 0.276 e. The number of benzene rings is 1. The maximum absolute atomic E-state index is 13.9. The van der Waals surface area contributed by atoms with Gasteiger partial charge in [0, 0.05) is 37.0 Å². The molecule has 2 amide bonds. The molecule has 180 valence electrons. The van der Waals surface area contributed by atoms with Crippen molar-refractivity contribution in [3.05, 3.63) is 63.1 Å². The van der Waals surface area contributed by atoms with Crippen molar-refractivity contribution in [1.82, 2.24) is 19.7 Å². The summed E-state index contributed by atoms with van der Waals surface area (Å²) >= 11 is 0. The van der Waals surface area contributed by atoms with Crippen molar-refractivity contribution in [3.63, 3.8) is 0 Å². The van der Waals surface area contributed by atoms with Crippen molar-refractivity contribution in [2.24, 2.45) is 5.92 Å². The summed E-state index contributed by atoms with van der Waals surface area (Å²) in [5.41, 5.74) is -1.37. The van der Waals surface area contributed by atoms with Crippen molar-refractivity contribution in [1.29, 1.82) is 0 Å². The molecular weight excluding hydrogens is 446 g/mol. The Morgan fingerprint density at radius 1 is 1.18 bits per heavy atom.